The van der Waals surface area contributed by atoms with Gasteiger partial charge in [0.25, 0.3) is 0 Å². The summed E-state index contributed by atoms with van der Waals surface area (Å²) in [6.45, 7) is 2.54. The van der Waals surface area contributed by atoms with E-state index in [1.807, 2.05) is 6.92 Å². The summed E-state index contributed by atoms with van der Waals surface area (Å²) in [5.74, 6) is 0.110. The molecule has 1 amide bonds. The number of nitrogens with zero attached hydrogens (tertiary/aromatic N) is 1. The minimum Gasteiger partial charge on any atom is -0.353 e. The van der Waals surface area contributed by atoms with Crippen LogP contribution in [0.15, 0.2) is 0 Å². The first-order valence-electron chi connectivity index (χ1n) is 4.57. The molecule has 0 aliphatic carbocycles. The van der Waals surface area contributed by atoms with Crippen molar-refractivity contribution < 1.29 is 14.3 Å². The van der Waals surface area contributed by atoms with E-state index in [0.29, 0.717) is 13.0 Å². The number of ether oxygens (including phenoxy) is 2. The number of carbonyl (C=O) groups excluding carboxylic acids is 1. The highest BCUT2D eigenvalue weighted by molar-refractivity contribution is 5.76. The molecule has 13 heavy (non-hydrogen) atoms. The minimum absolute atomic E-state index is 0.0265. The normalized spacial score (nSPS) is 28.5. The van der Waals surface area contributed by atoms with Gasteiger partial charge >= 0.3 is 0 Å². The van der Waals surface area contributed by atoms with Gasteiger partial charge in [-0.1, -0.05) is 0 Å². The molecular formula is C9H17NO3. The lowest BCUT2D eigenvalue weighted by Crippen LogP contribution is -2.34. The van der Waals surface area contributed by atoms with Crippen molar-refractivity contribution in [1.82, 2.24) is 4.90 Å². The first-order valence-corrected chi connectivity index (χ1v) is 4.57. The highest BCUT2D eigenvalue weighted by Crippen LogP contribution is 2.15. The van der Waals surface area contributed by atoms with Crippen LogP contribution in [0.4, 0.5) is 0 Å². The summed E-state index contributed by atoms with van der Waals surface area (Å²) in [7, 11) is 3.51. The van der Waals surface area contributed by atoms with Gasteiger partial charge in [-0.05, 0) is 13.3 Å². The fourth-order valence-corrected chi connectivity index (χ4v) is 1.27. The van der Waals surface area contributed by atoms with Gasteiger partial charge in [0.2, 0.25) is 5.91 Å². The molecule has 1 saturated heterocycles. The minimum atomic E-state index is -0.172. The summed E-state index contributed by atoms with van der Waals surface area (Å²) >= 11 is 0. The third kappa shape index (κ3) is 3.32. The number of carbonyl (C=O) groups is 1. The summed E-state index contributed by atoms with van der Waals surface area (Å²) < 4.78 is 10.6. The molecule has 0 bridgehead atoms. The van der Waals surface area contributed by atoms with Crippen molar-refractivity contribution in [2.45, 2.75) is 32.2 Å². The molecule has 4 heteroatoms. The van der Waals surface area contributed by atoms with Gasteiger partial charge in [-0.25, -0.2) is 0 Å². The van der Waals surface area contributed by atoms with Crippen molar-refractivity contribution in [2.75, 3.05) is 20.7 Å². The fourth-order valence-electron chi connectivity index (χ4n) is 1.27. The molecule has 2 unspecified atom stereocenters. The molecule has 0 N–H and O–H groups in total. The van der Waals surface area contributed by atoms with Gasteiger partial charge in [-0.2, -0.15) is 0 Å². The molecule has 1 aliphatic rings. The lowest BCUT2D eigenvalue weighted by Gasteiger charge is -2.28. The van der Waals surface area contributed by atoms with Crippen LogP contribution < -0.4 is 0 Å². The Kier molecular flexibility index (Phi) is 3.69. The summed E-state index contributed by atoms with van der Waals surface area (Å²) in [5, 5.41) is 0. The first kappa shape index (κ1) is 10.5. The van der Waals surface area contributed by atoms with Crippen LogP contribution in [0.2, 0.25) is 0 Å². The molecule has 76 valence electrons. The molecular weight excluding hydrogens is 170 g/mol. The van der Waals surface area contributed by atoms with Gasteiger partial charge in [0.15, 0.2) is 6.29 Å². The summed E-state index contributed by atoms with van der Waals surface area (Å²) in [4.78, 5) is 12.9. The maximum absolute atomic E-state index is 11.3. The van der Waals surface area contributed by atoms with Crippen molar-refractivity contribution in [1.29, 1.82) is 0 Å². The van der Waals surface area contributed by atoms with E-state index in [-0.39, 0.29) is 18.3 Å². The second-order valence-corrected chi connectivity index (χ2v) is 3.48. The van der Waals surface area contributed by atoms with E-state index in [1.165, 1.54) is 0 Å². The largest absolute Gasteiger partial charge is 0.353 e. The second kappa shape index (κ2) is 4.58. The average Bonchev–Trinajstić information content (AvgIpc) is 2.04. The van der Waals surface area contributed by atoms with Gasteiger partial charge in [-0.3, -0.25) is 4.79 Å². The summed E-state index contributed by atoms with van der Waals surface area (Å²) in [6, 6.07) is 0. The van der Waals surface area contributed by atoms with Crippen LogP contribution in [-0.4, -0.2) is 43.9 Å². The first-order chi connectivity index (χ1) is 6.09. The van der Waals surface area contributed by atoms with Crippen LogP contribution in [0.3, 0.4) is 0 Å². The monoisotopic (exact) mass is 187 g/mol. The van der Waals surface area contributed by atoms with Crippen LogP contribution in [0.25, 0.3) is 0 Å². The van der Waals surface area contributed by atoms with Crippen molar-refractivity contribution in [3.8, 4) is 0 Å². The molecule has 0 radical (unpaired) electrons. The van der Waals surface area contributed by atoms with Gasteiger partial charge < -0.3 is 14.4 Å². The zero-order valence-electron chi connectivity index (χ0n) is 8.45. The molecule has 1 fully saturated rings. The molecule has 1 aliphatic heterocycles. The maximum Gasteiger partial charge on any atom is 0.224 e. The Morgan fingerprint density at radius 2 is 2.23 bits per heavy atom. The van der Waals surface area contributed by atoms with E-state index in [4.69, 9.17) is 9.47 Å². The Labute approximate surface area is 78.8 Å². The van der Waals surface area contributed by atoms with Crippen LogP contribution in [-0.2, 0) is 14.3 Å². The van der Waals surface area contributed by atoms with Gasteiger partial charge in [0, 0.05) is 14.1 Å². The molecule has 2 atom stereocenters. The Balaban J connectivity index is 2.31. The van der Waals surface area contributed by atoms with E-state index >= 15 is 0 Å². The smallest absolute Gasteiger partial charge is 0.224 e. The quantitative estimate of drug-likeness (QED) is 0.636. The SMILES string of the molecule is CC1OCCC(CC(=O)N(C)C)O1. The third-order valence-corrected chi connectivity index (χ3v) is 2.08. The Hall–Kier alpha value is -0.610. The number of rotatable bonds is 2. The highest BCUT2D eigenvalue weighted by atomic mass is 16.7. The molecule has 0 aromatic heterocycles. The summed E-state index contributed by atoms with van der Waals surface area (Å²) in [6.07, 6.45) is 1.12. The standard InChI is InChI=1S/C9H17NO3/c1-7-12-5-4-8(13-7)6-9(11)10(2)3/h7-8H,4-6H2,1-3H3. The predicted octanol–water partition coefficient (Wildman–Crippen LogP) is 0.616. The Bertz CT molecular complexity index is 182. The predicted molar refractivity (Wildman–Crippen MR) is 48.2 cm³/mol. The van der Waals surface area contributed by atoms with Gasteiger partial charge in [0.05, 0.1) is 19.1 Å². The third-order valence-electron chi connectivity index (χ3n) is 2.08. The van der Waals surface area contributed by atoms with E-state index in [1.54, 1.807) is 19.0 Å². The van der Waals surface area contributed by atoms with E-state index in [2.05, 4.69) is 0 Å². The number of amides is 1. The molecule has 4 nitrogen and oxygen atoms in total. The van der Waals surface area contributed by atoms with Crippen molar-refractivity contribution in [3.05, 3.63) is 0 Å². The second-order valence-electron chi connectivity index (χ2n) is 3.48. The average molecular weight is 187 g/mol. The van der Waals surface area contributed by atoms with Crippen LogP contribution in [0, 0.1) is 0 Å². The van der Waals surface area contributed by atoms with Crippen molar-refractivity contribution >= 4 is 5.91 Å². The molecule has 0 saturated carbocycles. The van der Waals surface area contributed by atoms with E-state index in [0.717, 1.165) is 6.42 Å². The van der Waals surface area contributed by atoms with Crippen molar-refractivity contribution in [2.24, 2.45) is 0 Å². The van der Waals surface area contributed by atoms with Gasteiger partial charge in [0.1, 0.15) is 0 Å². The Morgan fingerprint density at radius 3 is 2.77 bits per heavy atom. The van der Waals surface area contributed by atoms with Crippen LogP contribution in [0.5, 0.6) is 0 Å². The summed E-state index contributed by atoms with van der Waals surface area (Å²) in [5.41, 5.74) is 0. The molecule has 0 aromatic carbocycles. The molecule has 0 spiro atoms. The van der Waals surface area contributed by atoms with Gasteiger partial charge in [-0.15, -0.1) is 0 Å². The van der Waals surface area contributed by atoms with E-state index in [9.17, 15) is 4.79 Å². The molecule has 1 rings (SSSR count). The Morgan fingerprint density at radius 1 is 1.54 bits per heavy atom. The topological polar surface area (TPSA) is 38.8 Å². The molecule has 0 aromatic rings. The lowest BCUT2D eigenvalue weighted by molar-refractivity contribution is -0.204. The van der Waals surface area contributed by atoms with Crippen LogP contribution >= 0.6 is 0 Å². The van der Waals surface area contributed by atoms with E-state index < -0.39 is 0 Å². The fraction of sp³-hybridized carbons (Fsp3) is 0.889. The number of hydrogen-bond acceptors (Lipinski definition) is 3. The maximum atomic E-state index is 11.3. The van der Waals surface area contributed by atoms with Crippen molar-refractivity contribution in [3.63, 3.8) is 0 Å². The zero-order valence-corrected chi connectivity index (χ0v) is 8.45. The highest BCUT2D eigenvalue weighted by Gasteiger charge is 2.22. The number of hydrogen-bond donors (Lipinski definition) is 0. The van der Waals surface area contributed by atoms with Crippen LogP contribution in [0.1, 0.15) is 19.8 Å². The lowest BCUT2D eigenvalue weighted by atomic mass is 10.1. The zero-order chi connectivity index (χ0) is 9.84. The molecule has 1 heterocycles.